The van der Waals surface area contributed by atoms with E-state index in [-0.39, 0.29) is 0 Å². The quantitative estimate of drug-likeness (QED) is 0.596. The number of hydrogen-bond acceptors (Lipinski definition) is 1. The van der Waals surface area contributed by atoms with Gasteiger partial charge in [-0.25, -0.2) is 4.98 Å². The first-order chi connectivity index (χ1) is 5.42. The smallest absolute Gasteiger partial charge is 0.108 e. The molecule has 0 unspecified atom stereocenters. The number of rotatable bonds is 1. The van der Waals surface area contributed by atoms with Crippen molar-refractivity contribution in [2.24, 2.45) is 0 Å². The SMILES string of the molecule is CCc1ncc2n1CCCC2. The Morgan fingerprint density at radius 2 is 2.45 bits per heavy atom. The molecule has 0 bridgehead atoms. The van der Waals surface area contributed by atoms with Gasteiger partial charge in [0.25, 0.3) is 0 Å². The molecule has 0 amide bonds. The van der Waals surface area contributed by atoms with E-state index >= 15 is 0 Å². The molecule has 0 atom stereocenters. The van der Waals surface area contributed by atoms with E-state index in [1.807, 2.05) is 6.20 Å². The summed E-state index contributed by atoms with van der Waals surface area (Å²) in [6.45, 7) is 3.36. The molecule has 0 saturated heterocycles. The van der Waals surface area contributed by atoms with Crippen LogP contribution in [0.5, 0.6) is 0 Å². The lowest BCUT2D eigenvalue weighted by Crippen LogP contribution is -2.11. The normalized spacial score (nSPS) is 16.5. The molecule has 60 valence electrons. The number of nitrogens with zero attached hydrogens (tertiary/aromatic N) is 2. The molecule has 0 aromatic carbocycles. The fourth-order valence-electron chi connectivity index (χ4n) is 1.78. The Morgan fingerprint density at radius 1 is 1.55 bits per heavy atom. The monoisotopic (exact) mass is 150 g/mol. The van der Waals surface area contributed by atoms with Gasteiger partial charge in [-0.2, -0.15) is 0 Å². The first-order valence-electron chi connectivity index (χ1n) is 4.45. The summed E-state index contributed by atoms with van der Waals surface area (Å²) in [6.07, 6.45) is 7.01. The molecule has 1 aromatic rings. The highest BCUT2D eigenvalue weighted by molar-refractivity contribution is 5.07. The Labute approximate surface area is 67.3 Å². The minimum atomic E-state index is 1.07. The summed E-state index contributed by atoms with van der Waals surface area (Å²) >= 11 is 0. The van der Waals surface area contributed by atoms with Crippen LogP contribution in [-0.2, 0) is 19.4 Å². The highest BCUT2D eigenvalue weighted by Gasteiger charge is 2.11. The standard InChI is InChI=1S/C9H14N2/c1-2-9-10-7-8-5-3-4-6-11(8)9/h7H,2-6H2,1H3. The molecule has 2 nitrogen and oxygen atoms in total. The Hall–Kier alpha value is -0.790. The predicted molar refractivity (Wildman–Crippen MR) is 44.5 cm³/mol. The topological polar surface area (TPSA) is 17.8 Å². The van der Waals surface area contributed by atoms with Gasteiger partial charge in [0, 0.05) is 24.9 Å². The molecule has 0 N–H and O–H groups in total. The van der Waals surface area contributed by atoms with E-state index in [0.29, 0.717) is 0 Å². The fraction of sp³-hybridized carbons (Fsp3) is 0.667. The first kappa shape index (κ1) is 6.89. The molecule has 0 aliphatic carbocycles. The van der Waals surface area contributed by atoms with Crippen molar-refractivity contribution < 1.29 is 0 Å². The molecule has 2 rings (SSSR count). The van der Waals surface area contributed by atoms with E-state index in [9.17, 15) is 0 Å². The van der Waals surface area contributed by atoms with Crippen molar-refractivity contribution in [2.45, 2.75) is 39.2 Å². The lowest BCUT2D eigenvalue weighted by molar-refractivity contribution is 0.516. The lowest BCUT2D eigenvalue weighted by atomic mass is 10.1. The molecular weight excluding hydrogens is 136 g/mol. The minimum absolute atomic E-state index is 1.07. The van der Waals surface area contributed by atoms with Crippen molar-refractivity contribution in [2.75, 3.05) is 0 Å². The predicted octanol–water partition coefficient (Wildman–Crippen LogP) is 1.78. The molecule has 0 radical (unpaired) electrons. The van der Waals surface area contributed by atoms with Crippen LogP contribution in [0.25, 0.3) is 0 Å². The highest BCUT2D eigenvalue weighted by Crippen LogP contribution is 2.16. The molecule has 2 heteroatoms. The van der Waals surface area contributed by atoms with Crippen LogP contribution in [0, 0.1) is 0 Å². The maximum Gasteiger partial charge on any atom is 0.108 e. The van der Waals surface area contributed by atoms with Crippen LogP contribution in [0.1, 0.15) is 31.3 Å². The van der Waals surface area contributed by atoms with E-state index in [2.05, 4.69) is 16.5 Å². The van der Waals surface area contributed by atoms with Crippen LogP contribution in [0.2, 0.25) is 0 Å². The van der Waals surface area contributed by atoms with E-state index in [0.717, 1.165) is 6.42 Å². The van der Waals surface area contributed by atoms with Gasteiger partial charge in [0.15, 0.2) is 0 Å². The van der Waals surface area contributed by atoms with Gasteiger partial charge in [-0.05, 0) is 19.3 Å². The van der Waals surface area contributed by atoms with Crippen LogP contribution in [-0.4, -0.2) is 9.55 Å². The van der Waals surface area contributed by atoms with E-state index in [4.69, 9.17) is 0 Å². The maximum atomic E-state index is 4.38. The average molecular weight is 150 g/mol. The maximum absolute atomic E-state index is 4.38. The van der Waals surface area contributed by atoms with Gasteiger partial charge in [-0.3, -0.25) is 0 Å². The zero-order valence-corrected chi connectivity index (χ0v) is 7.01. The van der Waals surface area contributed by atoms with Crippen molar-refractivity contribution in [3.8, 4) is 0 Å². The van der Waals surface area contributed by atoms with Crippen LogP contribution >= 0.6 is 0 Å². The number of hydrogen-bond donors (Lipinski definition) is 0. The summed E-state index contributed by atoms with van der Waals surface area (Å²) < 4.78 is 2.38. The third-order valence-corrected chi connectivity index (χ3v) is 2.40. The zero-order chi connectivity index (χ0) is 7.68. The lowest BCUT2D eigenvalue weighted by Gasteiger charge is -2.15. The van der Waals surface area contributed by atoms with Gasteiger partial charge in [-0.1, -0.05) is 6.92 Å². The van der Waals surface area contributed by atoms with Gasteiger partial charge >= 0.3 is 0 Å². The number of aryl methyl sites for hydroxylation is 2. The molecular formula is C9H14N2. The zero-order valence-electron chi connectivity index (χ0n) is 7.01. The second-order valence-electron chi connectivity index (χ2n) is 3.13. The molecule has 2 heterocycles. The average Bonchev–Trinajstić information content (AvgIpc) is 2.47. The van der Waals surface area contributed by atoms with Crippen molar-refractivity contribution in [1.82, 2.24) is 9.55 Å². The van der Waals surface area contributed by atoms with Gasteiger partial charge in [0.05, 0.1) is 0 Å². The van der Waals surface area contributed by atoms with Crippen LogP contribution < -0.4 is 0 Å². The van der Waals surface area contributed by atoms with Gasteiger partial charge in [-0.15, -0.1) is 0 Å². The molecule has 0 fully saturated rings. The van der Waals surface area contributed by atoms with E-state index < -0.39 is 0 Å². The Balaban J connectivity index is 2.38. The number of fused-ring (bicyclic) bond motifs is 1. The number of aromatic nitrogens is 2. The van der Waals surface area contributed by atoms with Crippen LogP contribution in [0.15, 0.2) is 6.20 Å². The summed E-state index contributed by atoms with van der Waals surface area (Å²) in [5, 5.41) is 0. The van der Waals surface area contributed by atoms with Crippen molar-refractivity contribution in [1.29, 1.82) is 0 Å². The second kappa shape index (κ2) is 2.68. The third-order valence-electron chi connectivity index (χ3n) is 2.40. The number of imidazole rings is 1. The molecule has 1 aliphatic rings. The van der Waals surface area contributed by atoms with Gasteiger partial charge in [0.1, 0.15) is 5.82 Å². The summed E-state index contributed by atoms with van der Waals surface area (Å²) in [6, 6.07) is 0. The Bertz CT molecular complexity index is 237. The van der Waals surface area contributed by atoms with Crippen LogP contribution in [0.4, 0.5) is 0 Å². The third kappa shape index (κ3) is 1.06. The molecule has 1 aromatic heterocycles. The van der Waals surface area contributed by atoms with Crippen molar-refractivity contribution in [3.05, 3.63) is 17.7 Å². The highest BCUT2D eigenvalue weighted by atomic mass is 15.1. The van der Waals surface area contributed by atoms with Gasteiger partial charge in [0.2, 0.25) is 0 Å². The molecule has 11 heavy (non-hydrogen) atoms. The summed E-state index contributed by atoms with van der Waals surface area (Å²) in [4.78, 5) is 4.38. The van der Waals surface area contributed by atoms with Crippen molar-refractivity contribution >= 4 is 0 Å². The largest absolute Gasteiger partial charge is 0.332 e. The summed E-state index contributed by atoms with van der Waals surface area (Å²) in [5.41, 5.74) is 1.44. The van der Waals surface area contributed by atoms with Gasteiger partial charge < -0.3 is 4.57 Å². The summed E-state index contributed by atoms with van der Waals surface area (Å²) in [7, 11) is 0. The Morgan fingerprint density at radius 3 is 3.27 bits per heavy atom. The molecule has 0 spiro atoms. The summed E-state index contributed by atoms with van der Waals surface area (Å²) in [5.74, 6) is 1.26. The van der Waals surface area contributed by atoms with E-state index in [1.54, 1.807) is 0 Å². The second-order valence-corrected chi connectivity index (χ2v) is 3.13. The fourth-order valence-corrected chi connectivity index (χ4v) is 1.78. The van der Waals surface area contributed by atoms with Crippen molar-refractivity contribution in [3.63, 3.8) is 0 Å². The first-order valence-corrected chi connectivity index (χ1v) is 4.45. The van der Waals surface area contributed by atoms with E-state index in [1.165, 1.54) is 37.3 Å². The molecule has 1 aliphatic heterocycles. The Kier molecular flexibility index (Phi) is 1.68. The molecule has 0 saturated carbocycles. The minimum Gasteiger partial charge on any atom is -0.332 e. The van der Waals surface area contributed by atoms with Crippen LogP contribution in [0.3, 0.4) is 0 Å².